The largest absolute Gasteiger partial charge is 0.444 e. The van der Waals surface area contributed by atoms with Crippen molar-refractivity contribution in [3.05, 3.63) is 39.2 Å². The monoisotopic (exact) mass is 423 g/mol. The predicted octanol–water partition coefficient (Wildman–Crippen LogP) is 6.79. The van der Waals surface area contributed by atoms with Gasteiger partial charge in [-0.05, 0) is 46.1 Å². The molecule has 0 atom stereocenters. The van der Waals surface area contributed by atoms with Crippen LogP contribution in [0.1, 0.15) is 86.4 Å². The first-order valence-electron chi connectivity index (χ1n) is 10.9. The van der Waals surface area contributed by atoms with Gasteiger partial charge in [-0.15, -0.1) is 0 Å². The van der Waals surface area contributed by atoms with Crippen molar-refractivity contribution in [3.8, 4) is 0 Å². The molecular weight excluding hydrogens is 382 g/mol. The number of piperidine rings is 1. The Morgan fingerprint density at radius 1 is 1.13 bits per heavy atom. The lowest BCUT2D eigenvalue weighted by Gasteiger charge is -2.31. The number of ether oxygens (including phenoxy) is 1. The van der Waals surface area contributed by atoms with Crippen molar-refractivity contribution >= 4 is 17.9 Å². The van der Waals surface area contributed by atoms with E-state index in [0.717, 1.165) is 18.4 Å². The van der Waals surface area contributed by atoms with Crippen LogP contribution >= 0.6 is 0 Å². The normalized spacial score (nSPS) is 12.7. The number of amides is 1. The predicted molar refractivity (Wildman–Crippen MR) is 125 cm³/mol. The third-order valence-corrected chi connectivity index (χ3v) is 3.71. The average molecular weight is 424 g/mol. The number of aromatic nitrogens is 1. The van der Waals surface area contributed by atoms with Gasteiger partial charge in [0.05, 0.1) is 4.92 Å². The highest BCUT2D eigenvalue weighted by atomic mass is 16.6. The number of aryl methyl sites for hydroxylation is 1. The zero-order chi connectivity index (χ0) is 23.9. The second kappa shape index (κ2) is 15.4. The average Bonchev–Trinajstić information content (AvgIpc) is 2.73. The topological polar surface area (TPSA) is 85.6 Å². The van der Waals surface area contributed by atoms with Gasteiger partial charge < -0.3 is 9.64 Å². The van der Waals surface area contributed by atoms with Gasteiger partial charge in [0, 0.05) is 25.4 Å². The van der Waals surface area contributed by atoms with Crippen molar-refractivity contribution in [2.24, 2.45) is 0 Å². The molecule has 0 aliphatic carbocycles. The molecule has 7 nitrogen and oxygen atoms in total. The van der Waals surface area contributed by atoms with E-state index in [0.29, 0.717) is 24.3 Å². The summed E-state index contributed by atoms with van der Waals surface area (Å²) in [7, 11) is 0. The molecule has 1 saturated heterocycles. The van der Waals surface area contributed by atoms with E-state index in [9.17, 15) is 14.9 Å². The van der Waals surface area contributed by atoms with Crippen LogP contribution in [0.15, 0.2) is 17.8 Å². The van der Waals surface area contributed by atoms with Gasteiger partial charge in [0.2, 0.25) is 0 Å². The van der Waals surface area contributed by atoms with E-state index in [-0.39, 0.29) is 11.8 Å². The highest BCUT2D eigenvalue weighted by molar-refractivity contribution is 5.68. The molecule has 1 amide bonds. The number of nitrogens with zero attached hydrogens (tertiary/aromatic N) is 3. The third-order valence-electron chi connectivity index (χ3n) is 3.71. The fourth-order valence-corrected chi connectivity index (χ4v) is 2.48. The number of hydrogen-bond acceptors (Lipinski definition) is 5. The van der Waals surface area contributed by atoms with E-state index in [2.05, 4.69) is 4.98 Å². The summed E-state index contributed by atoms with van der Waals surface area (Å²) in [6.07, 6.45) is 4.71. The van der Waals surface area contributed by atoms with Crippen molar-refractivity contribution in [2.45, 2.75) is 87.7 Å². The highest BCUT2D eigenvalue weighted by Crippen LogP contribution is 2.23. The fourth-order valence-electron chi connectivity index (χ4n) is 2.48. The summed E-state index contributed by atoms with van der Waals surface area (Å²) in [6, 6.07) is 1.54. The molecule has 2 heterocycles. The molecule has 0 unspecified atom stereocenters. The number of likely N-dealkylation sites (tertiary alicyclic amines) is 1. The van der Waals surface area contributed by atoms with Crippen molar-refractivity contribution < 1.29 is 14.5 Å². The Morgan fingerprint density at radius 2 is 1.63 bits per heavy atom. The van der Waals surface area contributed by atoms with E-state index in [1.54, 1.807) is 18.0 Å². The number of carbonyl (C=O) groups is 1. The summed E-state index contributed by atoms with van der Waals surface area (Å²) in [5.41, 5.74) is 1.79. The molecular formula is C23H41N3O4. The van der Waals surface area contributed by atoms with Gasteiger partial charge in [-0.25, -0.2) is 4.79 Å². The maximum atomic E-state index is 12.0. The second-order valence-corrected chi connectivity index (χ2v) is 6.90. The van der Waals surface area contributed by atoms with Crippen molar-refractivity contribution in [1.29, 1.82) is 0 Å². The first-order valence-corrected chi connectivity index (χ1v) is 10.9. The molecule has 1 aliphatic heterocycles. The standard InChI is InChI=1S/C17H23N3O4.3C2H6/c1-12-15(20(22)23)10-14(11-18-12)9-13-5-7-19(8-6-13)16(21)24-17(2,3)4;3*1-2/h9-11H,5-8H2,1-4H3;3*1-2H3. The molecule has 0 saturated carbocycles. The summed E-state index contributed by atoms with van der Waals surface area (Å²) >= 11 is 0. The van der Waals surface area contributed by atoms with E-state index in [1.165, 1.54) is 6.07 Å². The molecule has 1 aromatic rings. The Hall–Kier alpha value is -2.44. The van der Waals surface area contributed by atoms with Crippen molar-refractivity contribution in [3.63, 3.8) is 0 Å². The zero-order valence-electron chi connectivity index (χ0n) is 20.5. The summed E-state index contributed by atoms with van der Waals surface area (Å²) in [5, 5.41) is 11.0. The van der Waals surface area contributed by atoms with Crippen LogP contribution in [-0.4, -0.2) is 39.6 Å². The lowest BCUT2D eigenvalue weighted by molar-refractivity contribution is -0.385. The van der Waals surface area contributed by atoms with E-state index < -0.39 is 10.5 Å². The molecule has 0 radical (unpaired) electrons. The molecule has 30 heavy (non-hydrogen) atoms. The van der Waals surface area contributed by atoms with Crippen LogP contribution in [0, 0.1) is 17.0 Å². The first kappa shape index (κ1) is 29.8. The summed E-state index contributed by atoms with van der Waals surface area (Å²) in [6.45, 7) is 20.3. The number of carbonyl (C=O) groups excluding carboxylic acids is 1. The molecule has 0 aromatic carbocycles. The first-order chi connectivity index (χ1) is 14.2. The van der Waals surface area contributed by atoms with E-state index in [4.69, 9.17) is 4.74 Å². The molecule has 0 N–H and O–H groups in total. The molecule has 0 spiro atoms. The van der Waals surface area contributed by atoms with E-state index in [1.807, 2.05) is 68.4 Å². The van der Waals surface area contributed by atoms with Crippen molar-refractivity contribution in [1.82, 2.24) is 9.88 Å². The molecule has 1 fully saturated rings. The molecule has 172 valence electrons. The minimum atomic E-state index is -0.500. The Kier molecular flexibility index (Phi) is 15.3. The molecule has 1 aromatic heterocycles. The van der Waals surface area contributed by atoms with Gasteiger partial charge >= 0.3 is 6.09 Å². The Bertz CT molecular complexity index is 670. The Balaban J connectivity index is 0. The highest BCUT2D eigenvalue weighted by Gasteiger charge is 2.24. The lowest BCUT2D eigenvalue weighted by Crippen LogP contribution is -2.40. The van der Waals surface area contributed by atoms with Gasteiger partial charge in [0.15, 0.2) is 0 Å². The molecule has 0 bridgehead atoms. The minimum Gasteiger partial charge on any atom is -0.444 e. The van der Waals surface area contributed by atoms with Crippen LogP contribution in [0.5, 0.6) is 0 Å². The second-order valence-electron chi connectivity index (χ2n) is 6.90. The number of rotatable bonds is 2. The number of nitro groups is 1. The quantitative estimate of drug-likeness (QED) is 0.386. The molecule has 2 rings (SSSR count). The van der Waals surface area contributed by atoms with Gasteiger partial charge in [-0.3, -0.25) is 15.1 Å². The zero-order valence-corrected chi connectivity index (χ0v) is 20.5. The minimum absolute atomic E-state index is 0.0236. The summed E-state index contributed by atoms with van der Waals surface area (Å²) in [4.78, 5) is 28.4. The van der Waals surface area contributed by atoms with Crippen molar-refractivity contribution in [2.75, 3.05) is 13.1 Å². The third kappa shape index (κ3) is 10.9. The number of pyridine rings is 1. The Morgan fingerprint density at radius 3 is 2.07 bits per heavy atom. The van der Waals surface area contributed by atoms with Crippen LogP contribution in [0.2, 0.25) is 0 Å². The van der Waals surface area contributed by atoms with Gasteiger partial charge in [-0.1, -0.05) is 53.2 Å². The maximum Gasteiger partial charge on any atom is 0.410 e. The summed E-state index contributed by atoms with van der Waals surface area (Å²) < 4.78 is 5.37. The van der Waals surface area contributed by atoms with E-state index >= 15 is 0 Å². The van der Waals surface area contributed by atoms with Crippen LogP contribution < -0.4 is 0 Å². The van der Waals surface area contributed by atoms with Crippen LogP contribution in [-0.2, 0) is 4.74 Å². The number of hydrogen-bond donors (Lipinski definition) is 0. The lowest BCUT2D eigenvalue weighted by atomic mass is 10.0. The van der Waals surface area contributed by atoms with Crippen LogP contribution in [0.3, 0.4) is 0 Å². The van der Waals surface area contributed by atoms with Crippen LogP contribution in [0.25, 0.3) is 6.08 Å². The summed E-state index contributed by atoms with van der Waals surface area (Å²) in [5.74, 6) is 0. The SMILES string of the molecule is CC.CC.CC.Cc1ncc(C=C2CCN(C(=O)OC(C)(C)C)CC2)cc1[N+](=O)[O-]. The van der Waals surface area contributed by atoms with Gasteiger partial charge in [0.1, 0.15) is 11.3 Å². The van der Waals surface area contributed by atoms with Crippen LogP contribution in [0.4, 0.5) is 10.5 Å². The fraction of sp³-hybridized carbons (Fsp3) is 0.652. The molecule has 7 heteroatoms. The molecule has 1 aliphatic rings. The smallest absolute Gasteiger partial charge is 0.410 e. The maximum absolute atomic E-state index is 12.0. The van der Waals surface area contributed by atoms with Gasteiger partial charge in [0.25, 0.3) is 5.69 Å². The van der Waals surface area contributed by atoms with Gasteiger partial charge in [-0.2, -0.15) is 0 Å². The Labute approximate surface area is 182 Å².